The minimum atomic E-state index is -0.506. The number of hydrogen-bond donors (Lipinski definition) is 1. The fourth-order valence-corrected chi connectivity index (χ4v) is 1.62. The first kappa shape index (κ1) is 16.2. The zero-order valence-corrected chi connectivity index (χ0v) is 12.4. The molecule has 0 radical (unpaired) electrons. The fourth-order valence-electron chi connectivity index (χ4n) is 1.62. The third-order valence-corrected chi connectivity index (χ3v) is 2.42. The van der Waals surface area contributed by atoms with Crippen molar-refractivity contribution in [2.75, 3.05) is 13.2 Å². The monoisotopic (exact) mass is 277 g/mol. The molecule has 1 rings (SSSR count). The summed E-state index contributed by atoms with van der Waals surface area (Å²) in [6.45, 7) is 9.90. The first-order chi connectivity index (χ1) is 9.42. The molecule has 1 aromatic carbocycles. The van der Waals surface area contributed by atoms with Crippen LogP contribution in [0.25, 0.3) is 0 Å². The van der Waals surface area contributed by atoms with E-state index in [9.17, 15) is 4.79 Å². The number of nitrogens with one attached hydrogen (secondary N) is 1. The predicted octanol–water partition coefficient (Wildman–Crippen LogP) is 3.46. The Hall–Kier alpha value is -1.81. The van der Waals surface area contributed by atoms with Gasteiger partial charge in [-0.15, -0.1) is 6.58 Å². The van der Waals surface area contributed by atoms with Crippen molar-refractivity contribution < 1.29 is 14.3 Å². The van der Waals surface area contributed by atoms with E-state index in [0.717, 1.165) is 5.56 Å². The number of hydrogen-bond acceptors (Lipinski definition) is 3. The second-order valence-corrected chi connectivity index (χ2v) is 5.40. The van der Waals surface area contributed by atoms with Gasteiger partial charge < -0.3 is 14.8 Å². The first-order valence-corrected chi connectivity index (χ1v) is 6.66. The molecule has 0 heterocycles. The van der Waals surface area contributed by atoms with Crippen LogP contribution in [0.3, 0.4) is 0 Å². The molecular formula is C16H23NO3. The highest BCUT2D eigenvalue weighted by Crippen LogP contribution is 2.16. The van der Waals surface area contributed by atoms with Crippen LogP contribution in [0, 0.1) is 0 Å². The topological polar surface area (TPSA) is 47.6 Å². The fraction of sp³-hybridized carbons (Fsp3) is 0.438. The van der Waals surface area contributed by atoms with Crippen molar-refractivity contribution in [1.29, 1.82) is 0 Å². The Balaban J connectivity index is 2.58. The molecule has 4 heteroatoms. The van der Waals surface area contributed by atoms with Gasteiger partial charge in [-0.3, -0.25) is 0 Å². The van der Waals surface area contributed by atoms with Crippen LogP contribution in [0.5, 0.6) is 0 Å². The molecule has 4 nitrogen and oxygen atoms in total. The van der Waals surface area contributed by atoms with Gasteiger partial charge in [0.05, 0.1) is 13.2 Å². The molecule has 20 heavy (non-hydrogen) atoms. The minimum absolute atomic E-state index is 0.221. The summed E-state index contributed by atoms with van der Waals surface area (Å²) in [4.78, 5) is 11.7. The summed E-state index contributed by atoms with van der Waals surface area (Å²) in [7, 11) is 0. The molecule has 1 aromatic rings. The average molecular weight is 277 g/mol. The standard InChI is InChI=1S/C16H23NO3/c1-5-11-19-14(13-9-7-6-8-10-13)12-17-15(18)20-16(2,3)4/h5-10,14H,1,11-12H2,2-4H3,(H,17,18). The van der Waals surface area contributed by atoms with E-state index >= 15 is 0 Å². The van der Waals surface area contributed by atoms with Gasteiger partial charge in [0.15, 0.2) is 0 Å². The lowest BCUT2D eigenvalue weighted by molar-refractivity contribution is 0.0411. The lowest BCUT2D eigenvalue weighted by Crippen LogP contribution is -2.35. The van der Waals surface area contributed by atoms with Crippen molar-refractivity contribution in [2.24, 2.45) is 0 Å². The Morgan fingerprint density at radius 1 is 1.35 bits per heavy atom. The van der Waals surface area contributed by atoms with Crippen LogP contribution in [0.2, 0.25) is 0 Å². The van der Waals surface area contributed by atoms with Crippen molar-refractivity contribution in [1.82, 2.24) is 5.32 Å². The Morgan fingerprint density at radius 3 is 2.55 bits per heavy atom. The average Bonchev–Trinajstić information content (AvgIpc) is 2.38. The molecule has 0 aliphatic heterocycles. The predicted molar refractivity (Wildman–Crippen MR) is 79.6 cm³/mol. The summed E-state index contributed by atoms with van der Waals surface area (Å²) in [6.07, 6.45) is 1.02. The SMILES string of the molecule is C=CCOC(CNC(=O)OC(C)(C)C)c1ccccc1. The molecule has 1 unspecified atom stereocenters. The Kier molecular flexibility index (Phi) is 6.25. The Bertz CT molecular complexity index is 423. The zero-order valence-electron chi connectivity index (χ0n) is 12.4. The number of alkyl carbamates (subject to hydrolysis) is 1. The number of benzene rings is 1. The van der Waals surface area contributed by atoms with Gasteiger partial charge in [-0.25, -0.2) is 4.79 Å². The van der Waals surface area contributed by atoms with Crippen LogP contribution in [-0.2, 0) is 9.47 Å². The summed E-state index contributed by atoms with van der Waals surface area (Å²) >= 11 is 0. The largest absolute Gasteiger partial charge is 0.444 e. The van der Waals surface area contributed by atoms with Gasteiger partial charge in [0.25, 0.3) is 0 Å². The van der Waals surface area contributed by atoms with E-state index in [4.69, 9.17) is 9.47 Å². The van der Waals surface area contributed by atoms with Crippen LogP contribution in [-0.4, -0.2) is 24.8 Å². The van der Waals surface area contributed by atoms with Gasteiger partial charge in [-0.2, -0.15) is 0 Å². The van der Waals surface area contributed by atoms with Gasteiger partial charge in [-0.1, -0.05) is 36.4 Å². The van der Waals surface area contributed by atoms with Gasteiger partial charge >= 0.3 is 6.09 Å². The third-order valence-electron chi connectivity index (χ3n) is 2.42. The zero-order chi connectivity index (χ0) is 15.0. The molecule has 1 atom stereocenters. The lowest BCUT2D eigenvalue weighted by Gasteiger charge is -2.22. The van der Waals surface area contributed by atoms with Crippen LogP contribution >= 0.6 is 0 Å². The quantitative estimate of drug-likeness (QED) is 0.810. The lowest BCUT2D eigenvalue weighted by atomic mass is 10.1. The van der Waals surface area contributed by atoms with Crippen molar-refractivity contribution in [3.63, 3.8) is 0 Å². The number of carbonyl (C=O) groups is 1. The molecule has 110 valence electrons. The van der Waals surface area contributed by atoms with E-state index in [-0.39, 0.29) is 6.10 Å². The van der Waals surface area contributed by atoms with Crippen LogP contribution in [0.1, 0.15) is 32.4 Å². The highest BCUT2D eigenvalue weighted by Gasteiger charge is 2.18. The maximum atomic E-state index is 11.7. The van der Waals surface area contributed by atoms with E-state index in [2.05, 4.69) is 11.9 Å². The third kappa shape index (κ3) is 6.38. The van der Waals surface area contributed by atoms with Crippen LogP contribution in [0.15, 0.2) is 43.0 Å². The van der Waals surface area contributed by atoms with Gasteiger partial charge in [0, 0.05) is 0 Å². The van der Waals surface area contributed by atoms with E-state index in [1.54, 1.807) is 6.08 Å². The summed E-state index contributed by atoms with van der Waals surface area (Å²) in [5.74, 6) is 0. The van der Waals surface area contributed by atoms with Gasteiger partial charge in [0.1, 0.15) is 11.7 Å². The molecule has 0 aliphatic rings. The smallest absolute Gasteiger partial charge is 0.407 e. The minimum Gasteiger partial charge on any atom is -0.444 e. The van der Waals surface area contributed by atoms with Crippen molar-refractivity contribution in [2.45, 2.75) is 32.5 Å². The number of rotatable bonds is 6. The second-order valence-electron chi connectivity index (χ2n) is 5.40. The highest BCUT2D eigenvalue weighted by atomic mass is 16.6. The number of carbonyl (C=O) groups excluding carboxylic acids is 1. The van der Waals surface area contributed by atoms with Crippen LogP contribution in [0.4, 0.5) is 4.79 Å². The molecule has 0 spiro atoms. The highest BCUT2D eigenvalue weighted by molar-refractivity contribution is 5.67. The summed E-state index contributed by atoms with van der Waals surface area (Å²) < 4.78 is 10.9. The molecule has 0 aliphatic carbocycles. The summed E-state index contributed by atoms with van der Waals surface area (Å²) in [6, 6.07) is 9.74. The Morgan fingerprint density at radius 2 is 2.00 bits per heavy atom. The van der Waals surface area contributed by atoms with Crippen LogP contribution < -0.4 is 5.32 Å². The Labute approximate surface area is 120 Å². The van der Waals surface area contributed by atoms with E-state index in [1.807, 2.05) is 51.1 Å². The molecule has 0 saturated carbocycles. The maximum absolute atomic E-state index is 11.7. The summed E-state index contributed by atoms with van der Waals surface area (Å²) in [5, 5.41) is 2.73. The van der Waals surface area contributed by atoms with Crippen molar-refractivity contribution in [3.8, 4) is 0 Å². The molecule has 0 aromatic heterocycles. The van der Waals surface area contributed by atoms with Crippen molar-refractivity contribution >= 4 is 6.09 Å². The first-order valence-electron chi connectivity index (χ1n) is 6.66. The normalized spacial score (nSPS) is 12.6. The second kappa shape index (κ2) is 7.70. The molecule has 0 bridgehead atoms. The maximum Gasteiger partial charge on any atom is 0.407 e. The molecule has 0 fully saturated rings. The van der Waals surface area contributed by atoms with Crippen molar-refractivity contribution in [3.05, 3.63) is 48.6 Å². The van der Waals surface area contributed by atoms with E-state index in [1.165, 1.54) is 0 Å². The molecule has 1 amide bonds. The number of ether oxygens (including phenoxy) is 2. The van der Waals surface area contributed by atoms with Gasteiger partial charge in [-0.05, 0) is 26.3 Å². The van der Waals surface area contributed by atoms with Gasteiger partial charge in [0.2, 0.25) is 0 Å². The molecule has 0 saturated heterocycles. The van der Waals surface area contributed by atoms with E-state index in [0.29, 0.717) is 13.2 Å². The molecule has 1 N–H and O–H groups in total. The number of amides is 1. The summed E-state index contributed by atoms with van der Waals surface area (Å²) in [5.41, 5.74) is 0.499. The molecular weight excluding hydrogens is 254 g/mol. The van der Waals surface area contributed by atoms with E-state index < -0.39 is 11.7 Å².